The van der Waals surface area contributed by atoms with Crippen molar-refractivity contribution in [2.24, 2.45) is 5.92 Å². The third-order valence-electron chi connectivity index (χ3n) is 3.84. The number of hydrogen-bond donors (Lipinski definition) is 1. The van der Waals surface area contributed by atoms with Crippen molar-refractivity contribution in [3.63, 3.8) is 0 Å². The Labute approximate surface area is 102 Å². The highest BCUT2D eigenvalue weighted by atomic mass is 16.5. The van der Waals surface area contributed by atoms with Gasteiger partial charge >= 0.3 is 0 Å². The maximum atomic E-state index is 5.24. The highest BCUT2D eigenvalue weighted by Gasteiger charge is 2.28. The number of fused-ring (bicyclic) bond motifs is 2. The van der Waals surface area contributed by atoms with E-state index < -0.39 is 0 Å². The van der Waals surface area contributed by atoms with Gasteiger partial charge in [0, 0.05) is 17.8 Å². The van der Waals surface area contributed by atoms with Crippen molar-refractivity contribution < 1.29 is 4.74 Å². The molecule has 3 rings (SSSR count). The lowest BCUT2D eigenvalue weighted by Crippen LogP contribution is -2.40. The number of hydrogen-bond acceptors (Lipinski definition) is 3. The van der Waals surface area contributed by atoms with Crippen LogP contribution in [0.15, 0.2) is 24.5 Å². The second-order valence-electron chi connectivity index (χ2n) is 4.91. The summed E-state index contributed by atoms with van der Waals surface area (Å²) in [7, 11) is 1.69. The van der Waals surface area contributed by atoms with E-state index in [0.29, 0.717) is 6.04 Å². The summed E-state index contributed by atoms with van der Waals surface area (Å²) in [4.78, 5) is 4.24. The number of nitrogens with one attached hydrogen (secondary N) is 1. The summed E-state index contributed by atoms with van der Waals surface area (Å²) in [6.07, 6.45) is 9.86. The highest BCUT2D eigenvalue weighted by Crippen LogP contribution is 2.35. The average Bonchev–Trinajstić information content (AvgIpc) is 2.39. The maximum Gasteiger partial charge on any atom is 0.137 e. The van der Waals surface area contributed by atoms with Gasteiger partial charge in [-0.1, -0.05) is 6.08 Å². The summed E-state index contributed by atoms with van der Waals surface area (Å²) in [5.41, 5.74) is 2.59. The van der Waals surface area contributed by atoms with Crippen LogP contribution in [0.25, 0.3) is 5.57 Å². The van der Waals surface area contributed by atoms with Gasteiger partial charge < -0.3 is 10.1 Å². The molecular formula is C14H18N2O. The van der Waals surface area contributed by atoms with E-state index in [4.69, 9.17) is 4.74 Å². The van der Waals surface area contributed by atoms with E-state index in [1.165, 1.54) is 30.4 Å². The van der Waals surface area contributed by atoms with Gasteiger partial charge in [-0.25, -0.2) is 0 Å². The first-order chi connectivity index (χ1) is 8.36. The molecule has 0 amide bonds. The van der Waals surface area contributed by atoms with Crippen LogP contribution in [0.3, 0.4) is 0 Å². The van der Waals surface area contributed by atoms with Crippen LogP contribution in [-0.2, 0) is 0 Å². The minimum absolute atomic E-state index is 0.511. The Kier molecular flexibility index (Phi) is 2.85. The maximum absolute atomic E-state index is 5.24. The zero-order valence-electron chi connectivity index (χ0n) is 10.1. The lowest BCUT2D eigenvalue weighted by Gasteiger charge is -2.35. The first-order valence-corrected chi connectivity index (χ1v) is 6.29. The molecule has 3 heteroatoms. The molecule has 2 unspecified atom stereocenters. The summed E-state index contributed by atoms with van der Waals surface area (Å²) in [6, 6.07) is 2.59. The second kappa shape index (κ2) is 4.49. The van der Waals surface area contributed by atoms with Crippen LogP contribution in [0.2, 0.25) is 0 Å². The van der Waals surface area contributed by atoms with Crippen LogP contribution in [0, 0.1) is 5.92 Å². The van der Waals surface area contributed by atoms with Gasteiger partial charge in [-0.15, -0.1) is 0 Å². The van der Waals surface area contributed by atoms with Crippen molar-refractivity contribution in [3.05, 3.63) is 30.1 Å². The molecule has 1 N–H and O–H groups in total. The molecule has 1 aromatic rings. The Morgan fingerprint density at radius 2 is 2.35 bits per heavy atom. The SMILES string of the molecule is COc1cncc(C2=CCC3CCNC2C3)c1. The quantitative estimate of drug-likeness (QED) is 0.846. The number of pyridine rings is 1. The van der Waals surface area contributed by atoms with Crippen molar-refractivity contribution in [2.45, 2.75) is 25.3 Å². The van der Waals surface area contributed by atoms with Gasteiger partial charge in [-0.3, -0.25) is 4.98 Å². The second-order valence-corrected chi connectivity index (χ2v) is 4.91. The average molecular weight is 230 g/mol. The number of aromatic nitrogens is 1. The monoisotopic (exact) mass is 230 g/mol. The molecule has 0 saturated carbocycles. The smallest absolute Gasteiger partial charge is 0.137 e. The van der Waals surface area contributed by atoms with Crippen molar-refractivity contribution in [3.8, 4) is 5.75 Å². The molecule has 2 heterocycles. The van der Waals surface area contributed by atoms with E-state index in [-0.39, 0.29) is 0 Å². The van der Waals surface area contributed by atoms with Crippen molar-refractivity contribution in [2.75, 3.05) is 13.7 Å². The fraction of sp³-hybridized carbons (Fsp3) is 0.500. The molecule has 1 aromatic heterocycles. The molecule has 2 bridgehead atoms. The van der Waals surface area contributed by atoms with Crippen LogP contribution >= 0.6 is 0 Å². The van der Waals surface area contributed by atoms with Crippen LogP contribution < -0.4 is 10.1 Å². The van der Waals surface area contributed by atoms with Gasteiger partial charge in [0.25, 0.3) is 0 Å². The van der Waals surface area contributed by atoms with Crippen LogP contribution in [0.1, 0.15) is 24.8 Å². The topological polar surface area (TPSA) is 34.1 Å². The predicted molar refractivity (Wildman–Crippen MR) is 67.9 cm³/mol. The molecule has 1 aliphatic heterocycles. The summed E-state index contributed by atoms with van der Waals surface area (Å²) in [5.74, 6) is 1.71. The molecule has 2 aliphatic rings. The molecule has 3 nitrogen and oxygen atoms in total. The normalized spacial score (nSPS) is 27.5. The number of rotatable bonds is 2. The van der Waals surface area contributed by atoms with E-state index in [1.54, 1.807) is 13.3 Å². The van der Waals surface area contributed by atoms with Crippen LogP contribution in [-0.4, -0.2) is 24.7 Å². The minimum Gasteiger partial charge on any atom is -0.495 e. The number of piperidine rings is 1. The van der Waals surface area contributed by atoms with Crippen LogP contribution in [0.4, 0.5) is 0 Å². The zero-order valence-corrected chi connectivity index (χ0v) is 10.1. The van der Waals surface area contributed by atoms with E-state index in [2.05, 4.69) is 22.4 Å². The largest absolute Gasteiger partial charge is 0.495 e. The lowest BCUT2D eigenvalue weighted by atomic mass is 9.79. The summed E-state index contributed by atoms with van der Waals surface area (Å²) >= 11 is 0. The third kappa shape index (κ3) is 2.07. The Hall–Kier alpha value is -1.35. The molecule has 0 spiro atoms. The Morgan fingerprint density at radius 1 is 1.41 bits per heavy atom. The Balaban J connectivity index is 1.92. The van der Waals surface area contributed by atoms with Crippen molar-refractivity contribution in [1.82, 2.24) is 10.3 Å². The van der Waals surface area contributed by atoms with Crippen molar-refractivity contribution >= 4 is 5.57 Å². The molecule has 2 atom stereocenters. The number of ether oxygens (including phenoxy) is 1. The summed E-state index contributed by atoms with van der Waals surface area (Å²) < 4.78 is 5.24. The van der Waals surface area contributed by atoms with Gasteiger partial charge in [-0.05, 0) is 43.4 Å². The number of allylic oxidation sites excluding steroid dienone is 1. The minimum atomic E-state index is 0.511. The molecule has 1 aliphatic carbocycles. The first kappa shape index (κ1) is 10.8. The summed E-state index contributed by atoms with van der Waals surface area (Å²) in [6.45, 7) is 1.14. The van der Waals surface area contributed by atoms with E-state index >= 15 is 0 Å². The van der Waals surface area contributed by atoms with Gasteiger partial charge in [0.1, 0.15) is 5.75 Å². The molecule has 90 valence electrons. The van der Waals surface area contributed by atoms with E-state index in [9.17, 15) is 0 Å². The van der Waals surface area contributed by atoms with Crippen LogP contribution in [0.5, 0.6) is 5.75 Å². The van der Waals surface area contributed by atoms with Crippen molar-refractivity contribution in [1.29, 1.82) is 0 Å². The standard InChI is InChI=1S/C14H18N2O/c1-17-12-7-11(8-15-9-12)13-3-2-10-4-5-16-14(13)6-10/h3,7-10,14,16H,2,4-6H2,1H3. The zero-order chi connectivity index (χ0) is 11.7. The molecule has 1 saturated heterocycles. The fourth-order valence-corrected chi connectivity index (χ4v) is 2.89. The van der Waals surface area contributed by atoms with E-state index in [1.807, 2.05) is 6.20 Å². The lowest BCUT2D eigenvalue weighted by molar-refractivity contribution is 0.329. The van der Waals surface area contributed by atoms with Gasteiger partial charge in [0.15, 0.2) is 0 Å². The Morgan fingerprint density at radius 3 is 3.24 bits per heavy atom. The number of nitrogens with zero attached hydrogens (tertiary/aromatic N) is 1. The number of methoxy groups -OCH3 is 1. The molecule has 1 fully saturated rings. The molecule has 0 aromatic carbocycles. The summed E-state index contributed by atoms with van der Waals surface area (Å²) in [5, 5.41) is 3.60. The third-order valence-corrected chi connectivity index (χ3v) is 3.84. The molecular weight excluding hydrogens is 212 g/mol. The molecule has 0 radical (unpaired) electrons. The fourth-order valence-electron chi connectivity index (χ4n) is 2.89. The molecule has 17 heavy (non-hydrogen) atoms. The van der Waals surface area contributed by atoms with Gasteiger partial charge in [-0.2, -0.15) is 0 Å². The van der Waals surface area contributed by atoms with Gasteiger partial charge in [0.05, 0.1) is 13.3 Å². The first-order valence-electron chi connectivity index (χ1n) is 6.29. The van der Waals surface area contributed by atoms with Gasteiger partial charge in [0.2, 0.25) is 0 Å². The highest BCUT2D eigenvalue weighted by molar-refractivity contribution is 5.70. The predicted octanol–water partition coefficient (Wildman–Crippen LogP) is 2.25. The Bertz CT molecular complexity index is 442. The van der Waals surface area contributed by atoms with E-state index in [0.717, 1.165) is 18.2 Å².